The summed E-state index contributed by atoms with van der Waals surface area (Å²) in [5.41, 5.74) is -0.853. The Morgan fingerprint density at radius 3 is 2.68 bits per heavy atom. The summed E-state index contributed by atoms with van der Waals surface area (Å²) in [7, 11) is 0. The van der Waals surface area contributed by atoms with Crippen LogP contribution >= 0.6 is 15.9 Å². The van der Waals surface area contributed by atoms with E-state index in [1.54, 1.807) is 12.4 Å². The average Bonchev–Trinajstić information content (AvgIpc) is 2.97. The van der Waals surface area contributed by atoms with Crippen LogP contribution in [0.4, 0.5) is 13.6 Å². The lowest BCUT2D eigenvalue weighted by molar-refractivity contribution is -0.0877. The third-order valence-electron chi connectivity index (χ3n) is 4.39. The van der Waals surface area contributed by atoms with E-state index in [2.05, 4.69) is 26.0 Å². The molecule has 1 saturated heterocycles. The molecule has 3 heterocycles. The number of hydrogen-bond donors (Lipinski definition) is 0. The second-order valence-electron chi connectivity index (χ2n) is 6.65. The van der Waals surface area contributed by atoms with Crippen molar-refractivity contribution in [1.29, 1.82) is 0 Å². The number of fused-ring (bicyclic) bond motifs is 1. The van der Waals surface area contributed by atoms with Gasteiger partial charge in [-0.1, -0.05) is 0 Å². The van der Waals surface area contributed by atoms with Crippen LogP contribution in [-0.4, -0.2) is 50.9 Å². The van der Waals surface area contributed by atoms with Crippen LogP contribution in [0.3, 0.4) is 0 Å². The minimum Gasteiger partial charge on any atom is -0.437 e. The fourth-order valence-electron chi connectivity index (χ4n) is 2.84. The molecule has 0 aromatic carbocycles. The van der Waals surface area contributed by atoms with Gasteiger partial charge in [-0.25, -0.2) is 18.6 Å². The number of alkyl halides is 2. The van der Waals surface area contributed by atoms with Gasteiger partial charge in [-0.2, -0.15) is 5.10 Å². The van der Waals surface area contributed by atoms with Crippen molar-refractivity contribution in [3.8, 4) is 0 Å². The van der Waals surface area contributed by atoms with Gasteiger partial charge in [0.1, 0.15) is 4.60 Å². The molecule has 0 saturated carbocycles. The summed E-state index contributed by atoms with van der Waals surface area (Å²) in [6.45, 7) is 3.30. The summed E-state index contributed by atoms with van der Waals surface area (Å²) in [5, 5.41) is 5.42. The van der Waals surface area contributed by atoms with Crippen molar-refractivity contribution in [2.45, 2.75) is 44.8 Å². The van der Waals surface area contributed by atoms with Crippen molar-refractivity contribution in [1.82, 2.24) is 19.7 Å². The van der Waals surface area contributed by atoms with Gasteiger partial charge in [-0.3, -0.25) is 4.68 Å². The first-order valence-corrected chi connectivity index (χ1v) is 8.82. The Morgan fingerprint density at radius 1 is 1.36 bits per heavy atom. The molecule has 0 unspecified atom stereocenters. The maximum atomic E-state index is 12.8. The third kappa shape index (κ3) is 3.75. The number of amides is 1. The number of pyridine rings is 1. The van der Waals surface area contributed by atoms with Gasteiger partial charge in [0.15, 0.2) is 5.60 Å². The second-order valence-corrected chi connectivity index (χ2v) is 7.46. The van der Waals surface area contributed by atoms with E-state index in [1.807, 2.05) is 10.7 Å². The Balaban J connectivity index is 1.64. The zero-order valence-electron chi connectivity index (χ0n) is 14.0. The standard InChI is InChI=1S/C16H19BrF2N4O2/c1-16(2,14(18)19)25-15(24)22-5-3-11(4-6-22)23-12-9-20-13(17)7-10(12)8-21-23/h7-9,11,14H,3-6H2,1-2H3. The van der Waals surface area contributed by atoms with Crippen molar-refractivity contribution >= 4 is 32.9 Å². The number of likely N-dealkylation sites (tertiary alicyclic amines) is 1. The molecule has 1 fully saturated rings. The molecule has 2 aromatic heterocycles. The molecule has 0 bridgehead atoms. The van der Waals surface area contributed by atoms with Crippen LogP contribution in [0.2, 0.25) is 0 Å². The molecule has 1 amide bonds. The molecule has 0 spiro atoms. The van der Waals surface area contributed by atoms with Crippen molar-refractivity contribution in [2.24, 2.45) is 0 Å². The molecular weight excluding hydrogens is 398 g/mol. The van der Waals surface area contributed by atoms with Crippen LogP contribution in [0.1, 0.15) is 32.7 Å². The molecular formula is C16H19BrF2N4O2. The van der Waals surface area contributed by atoms with Crippen molar-refractivity contribution in [2.75, 3.05) is 13.1 Å². The van der Waals surface area contributed by atoms with E-state index in [0.29, 0.717) is 25.9 Å². The minimum absolute atomic E-state index is 0.132. The predicted octanol–water partition coefficient (Wildman–Crippen LogP) is 4.01. The monoisotopic (exact) mass is 416 g/mol. The summed E-state index contributed by atoms with van der Waals surface area (Å²) in [6, 6.07) is 2.03. The van der Waals surface area contributed by atoms with Crippen molar-refractivity contribution in [3.63, 3.8) is 0 Å². The normalized spacial score (nSPS) is 16.6. The first-order chi connectivity index (χ1) is 11.8. The van der Waals surface area contributed by atoms with Gasteiger partial charge in [0.25, 0.3) is 6.43 Å². The van der Waals surface area contributed by atoms with Crippen LogP contribution in [0.5, 0.6) is 0 Å². The number of piperidine rings is 1. The molecule has 1 aliphatic rings. The van der Waals surface area contributed by atoms with Gasteiger partial charge in [0.05, 0.1) is 24.0 Å². The molecule has 0 radical (unpaired) electrons. The molecule has 25 heavy (non-hydrogen) atoms. The topological polar surface area (TPSA) is 60.2 Å². The molecule has 1 aliphatic heterocycles. The van der Waals surface area contributed by atoms with Gasteiger partial charge in [0, 0.05) is 18.5 Å². The van der Waals surface area contributed by atoms with E-state index in [0.717, 1.165) is 15.5 Å². The number of halogens is 3. The largest absolute Gasteiger partial charge is 0.437 e. The molecule has 2 aromatic rings. The van der Waals surface area contributed by atoms with Crippen LogP contribution in [0, 0.1) is 0 Å². The minimum atomic E-state index is -2.73. The van der Waals surface area contributed by atoms with Gasteiger partial charge in [-0.05, 0) is 48.7 Å². The van der Waals surface area contributed by atoms with Gasteiger partial charge >= 0.3 is 6.09 Å². The smallest absolute Gasteiger partial charge is 0.410 e. The molecule has 9 heteroatoms. The lowest BCUT2D eigenvalue weighted by Crippen LogP contribution is -2.45. The Labute approximate surface area is 152 Å². The number of carbonyl (C=O) groups is 1. The zero-order valence-corrected chi connectivity index (χ0v) is 15.5. The van der Waals surface area contributed by atoms with E-state index in [1.165, 1.54) is 18.7 Å². The quantitative estimate of drug-likeness (QED) is 0.709. The van der Waals surface area contributed by atoms with E-state index in [9.17, 15) is 13.6 Å². The Morgan fingerprint density at radius 2 is 2.04 bits per heavy atom. The molecule has 0 atom stereocenters. The number of rotatable bonds is 3. The SMILES string of the molecule is CC(C)(OC(=O)N1CCC(n2ncc3cc(Br)ncc32)CC1)C(F)F. The van der Waals surface area contributed by atoms with Crippen molar-refractivity contribution in [3.05, 3.63) is 23.1 Å². The van der Waals surface area contributed by atoms with Crippen LogP contribution in [0.15, 0.2) is 23.1 Å². The second kappa shape index (κ2) is 6.86. The predicted molar refractivity (Wildman–Crippen MR) is 91.6 cm³/mol. The Kier molecular flexibility index (Phi) is 4.95. The molecule has 136 valence electrons. The summed E-state index contributed by atoms with van der Waals surface area (Å²) < 4.78 is 33.3. The molecule has 3 rings (SSSR count). The van der Waals surface area contributed by atoms with Gasteiger partial charge in [-0.15, -0.1) is 0 Å². The zero-order chi connectivity index (χ0) is 18.2. The fraction of sp³-hybridized carbons (Fsp3) is 0.562. The first kappa shape index (κ1) is 18.0. The van der Waals surface area contributed by atoms with E-state index in [-0.39, 0.29) is 6.04 Å². The highest BCUT2D eigenvalue weighted by molar-refractivity contribution is 9.10. The summed E-state index contributed by atoms with van der Waals surface area (Å²) in [6.07, 6.45) is 1.48. The highest BCUT2D eigenvalue weighted by atomic mass is 79.9. The van der Waals surface area contributed by atoms with E-state index < -0.39 is 18.1 Å². The number of carbonyl (C=O) groups excluding carboxylic acids is 1. The molecule has 0 N–H and O–H groups in total. The summed E-state index contributed by atoms with van der Waals surface area (Å²) in [5.74, 6) is 0. The number of nitrogens with zero attached hydrogens (tertiary/aromatic N) is 4. The number of hydrogen-bond acceptors (Lipinski definition) is 4. The van der Waals surface area contributed by atoms with Crippen LogP contribution in [0.25, 0.3) is 10.9 Å². The molecule has 0 aliphatic carbocycles. The summed E-state index contributed by atoms with van der Waals surface area (Å²) >= 11 is 3.34. The maximum Gasteiger partial charge on any atom is 0.410 e. The Bertz CT molecular complexity index is 773. The highest BCUT2D eigenvalue weighted by Crippen LogP contribution is 2.28. The maximum absolute atomic E-state index is 12.8. The number of ether oxygens (including phenoxy) is 1. The van der Waals surface area contributed by atoms with E-state index >= 15 is 0 Å². The summed E-state index contributed by atoms with van der Waals surface area (Å²) in [4.78, 5) is 17.8. The van der Waals surface area contributed by atoms with Crippen LogP contribution in [-0.2, 0) is 4.74 Å². The van der Waals surface area contributed by atoms with Gasteiger partial charge < -0.3 is 9.64 Å². The third-order valence-corrected chi connectivity index (χ3v) is 4.83. The van der Waals surface area contributed by atoms with Gasteiger partial charge in [0.2, 0.25) is 0 Å². The average molecular weight is 417 g/mol. The number of aromatic nitrogens is 3. The Hall–Kier alpha value is -1.77. The fourth-order valence-corrected chi connectivity index (χ4v) is 3.19. The first-order valence-electron chi connectivity index (χ1n) is 8.03. The molecule has 6 nitrogen and oxygen atoms in total. The van der Waals surface area contributed by atoms with Crippen molar-refractivity contribution < 1.29 is 18.3 Å². The lowest BCUT2D eigenvalue weighted by Gasteiger charge is -2.34. The lowest BCUT2D eigenvalue weighted by atomic mass is 10.1. The van der Waals surface area contributed by atoms with Crippen LogP contribution < -0.4 is 0 Å². The highest BCUT2D eigenvalue weighted by Gasteiger charge is 2.36. The van der Waals surface area contributed by atoms with E-state index in [4.69, 9.17) is 4.74 Å².